The molecule has 0 aliphatic heterocycles. The van der Waals surface area contributed by atoms with Gasteiger partial charge in [0.05, 0.1) is 22.7 Å². The average molecular weight is 344 g/mol. The molecule has 0 saturated heterocycles. The number of nitrogen functional groups attached to an aromatic ring is 2. The van der Waals surface area contributed by atoms with Crippen LogP contribution in [0.25, 0.3) is 22.8 Å². The maximum atomic E-state index is 12.1. The molecule has 2 heterocycles. The van der Waals surface area contributed by atoms with Crippen LogP contribution in [0.15, 0.2) is 39.8 Å². The van der Waals surface area contributed by atoms with Crippen LogP contribution in [0, 0.1) is 0 Å². The van der Waals surface area contributed by atoms with E-state index in [9.17, 15) is 4.21 Å². The summed E-state index contributed by atoms with van der Waals surface area (Å²) in [7, 11) is -1.04. The number of benzene rings is 1. The molecule has 24 heavy (non-hydrogen) atoms. The highest BCUT2D eigenvalue weighted by atomic mass is 32.2. The zero-order valence-corrected chi connectivity index (χ0v) is 13.9. The van der Waals surface area contributed by atoms with Crippen molar-refractivity contribution in [1.82, 2.24) is 20.2 Å². The van der Waals surface area contributed by atoms with E-state index in [0.717, 1.165) is 10.5 Å². The average Bonchev–Trinajstić information content (AvgIpc) is 3.01. The normalized spacial score (nSPS) is 12.5. The van der Waals surface area contributed by atoms with Gasteiger partial charge in [-0.2, -0.15) is 0 Å². The van der Waals surface area contributed by atoms with Gasteiger partial charge in [0, 0.05) is 15.7 Å². The van der Waals surface area contributed by atoms with Crippen molar-refractivity contribution in [2.75, 3.05) is 11.5 Å². The summed E-state index contributed by atoms with van der Waals surface area (Å²) in [4.78, 5) is 9.30. The van der Waals surface area contributed by atoms with Crippen molar-refractivity contribution >= 4 is 22.6 Å². The fraction of sp³-hybridized carbons (Fsp3) is 0.200. The second-order valence-electron chi connectivity index (χ2n) is 5.31. The summed E-state index contributed by atoms with van der Waals surface area (Å²) in [5, 5.41) is 7.42. The first kappa shape index (κ1) is 16.1. The predicted octanol–water partition coefficient (Wildman–Crippen LogP) is 1.87. The Kier molecular flexibility index (Phi) is 4.26. The van der Waals surface area contributed by atoms with E-state index in [0.29, 0.717) is 5.69 Å². The molecule has 0 radical (unpaired) electrons. The maximum absolute atomic E-state index is 12.1. The molecule has 3 rings (SSSR count). The Morgan fingerprint density at radius 2 is 1.83 bits per heavy atom. The van der Waals surface area contributed by atoms with E-state index < -0.39 is 10.8 Å². The lowest BCUT2D eigenvalue weighted by Crippen LogP contribution is -2.05. The first-order valence-corrected chi connectivity index (χ1v) is 8.40. The SMILES string of the molecule is CC(C)S(=O)c1ccc(-c2cnc(N)c(-c3nnc(N)o3)n2)cc1. The Hall–Kier alpha value is -2.81. The third-order valence-electron chi connectivity index (χ3n) is 3.25. The highest BCUT2D eigenvalue weighted by Gasteiger charge is 2.15. The number of hydrogen-bond donors (Lipinski definition) is 2. The fourth-order valence-electron chi connectivity index (χ4n) is 2.06. The van der Waals surface area contributed by atoms with Crippen LogP contribution >= 0.6 is 0 Å². The van der Waals surface area contributed by atoms with E-state index in [1.54, 1.807) is 6.20 Å². The minimum Gasteiger partial charge on any atom is -0.402 e. The molecule has 2 aromatic heterocycles. The Morgan fingerprint density at radius 3 is 2.42 bits per heavy atom. The minimum absolute atomic E-state index is 0.0572. The zero-order valence-electron chi connectivity index (χ0n) is 13.1. The predicted molar refractivity (Wildman–Crippen MR) is 91.1 cm³/mol. The number of nitrogens with two attached hydrogens (primary N) is 2. The van der Waals surface area contributed by atoms with Gasteiger partial charge >= 0.3 is 6.01 Å². The second kappa shape index (κ2) is 6.36. The summed E-state index contributed by atoms with van der Waals surface area (Å²) < 4.78 is 17.3. The molecule has 0 fully saturated rings. The molecule has 0 spiro atoms. The highest BCUT2D eigenvalue weighted by Crippen LogP contribution is 2.26. The van der Waals surface area contributed by atoms with Crippen LogP contribution in [-0.4, -0.2) is 29.6 Å². The molecule has 0 aliphatic rings. The van der Waals surface area contributed by atoms with Gasteiger partial charge in [-0.15, -0.1) is 5.10 Å². The molecule has 124 valence electrons. The van der Waals surface area contributed by atoms with Crippen molar-refractivity contribution < 1.29 is 8.63 Å². The van der Waals surface area contributed by atoms with Crippen molar-refractivity contribution in [3.63, 3.8) is 0 Å². The smallest absolute Gasteiger partial charge is 0.313 e. The van der Waals surface area contributed by atoms with Gasteiger partial charge < -0.3 is 15.9 Å². The van der Waals surface area contributed by atoms with E-state index in [4.69, 9.17) is 15.9 Å². The Labute approximate surface area is 140 Å². The molecule has 0 aliphatic carbocycles. The molecule has 3 aromatic rings. The van der Waals surface area contributed by atoms with Crippen LogP contribution in [0.1, 0.15) is 13.8 Å². The number of nitrogens with zero attached hydrogens (tertiary/aromatic N) is 4. The molecule has 1 unspecified atom stereocenters. The van der Waals surface area contributed by atoms with Crippen LogP contribution in [0.4, 0.5) is 11.8 Å². The second-order valence-corrected chi connectivity index (χ2v) is 7.31. The summed E-state index contributed by atoms with van der Waals surface area (Å²) in [5.74, 6) is 0.275. The van der Waals surface area contributed by atoms with Crippen LogP contribution < -0.4 is 11.5 Å². The Bertz CT molecular complexity index is 891. The van der Waals surface area contributed by atoms with Gasteiger partial charge in [0.1, 0.15) is 0 Å². The van der Waals surface area contributed by atoms with Crippen LogP contribution in [0.3, 0.4) is 0 Å². The van der Waals surface area contributed by atoms with Gasteiger partial charge in [0.25, 0.3) is 5.89 Å². The largest absolute Gasteiger partial charge is 0.402 e. The summed E-state index contributed by atoms with van der Waals surface area (Å²) in [6.45, 7) is 3.83. The molecule has 0 saturated carbocycles. The molecule has 0 bridgehead atoms. The topological polar surface area (TPSA) is 134 Å². The van der Waals surface area contributed by atoms with Crippen LogP contribution in [0.5, 0.6) is 0 Å². The van der Waals surface area contributed by atoms with E-state index in [2.05, 4.69) is 20.2 Å². The van der Waals surface area contributed by atoms with E-state index in [-0.39, 0.29) is 28.7 Å². The summed E-state index contributed by atoms with van der Waals surface area (Å²) in [5.41, 5.74) is 12.9. The van der Waals surface area contributed by atoms with Crippen LogP contribution in [-0.2, 0) is 10.8 Å². The fourth-order valence-corrected chi connectivity index (χ4v) is 3.01. The lowest BCUT2D eigenvalue weighted by atomic mass is 10.1. The van der Waals surface area contributed by atoms with Gasteiger partial charge in [0.15, 0.2) is 11.5 Å². The third-order valence-corrected chi connectivity index (χ3v) is 4.85. The molecule has 9 heteroatoms. The summed E-state index contributed by atoms with van der Waals surface area (Å²) in [6.07, 6.45) is 1.55. The van der Waals surface area contributed by atoms with E-state index in [1.165, 1.54) is 0 Å². The number of anilines is 2. The zero-order chi connectivity index (χ0) is 17.3. The molecule has 0 amide bonds. The van der Waals surface area contributed by atoms with Gasteiger partial charge in [-0.05, 0) is 12.1 Å². The first-order chi connectivity index (χ1) is 11.5. The Balaban J connectivity index is 1.97. The molecule has 1 aromatic carbocycles. The van der Waals surface area contributed by atoms with Crippen molar-refractivity contribution in [3.05, 3.63) is 30.5 Å². The van der Waals surface area contributed by atoms with Crippen LogP contribution in [0.2, 0.25) is 0 Å². The lowest BCUT2D eigenvalue weighted by molar-refractivity contribution is 0.588. The molecule has 4 N–H and O–H groups in total. The monoisotopic (exact) mass is 344 g/mol. The highest BCUT2D eigenvalue weighted by molar-refractivity contribution is 7.85. The molecular weight excluding hydrogens is 328 g/mol. The van der Waals surface area contributed by atoms with Gasteiger partial charge in [-0.1, -0.05) is 31.1 Å². The van der Waals surface area contributed by atoms with Crippen molar-refractivity contribution in [2.24, 2.45) is 0 Å². The van der Waals surface area contributed by atoms with Crippen molar-refractivity contribution in [1.29, 1.82) is 0 Å². The minimum atomic E-state index is -1.04. The lowest BCUT2D eigenvalue weighted by Gasteiger charge is -2.07. The number of hydrogen-bond acceptors (Lipinski definition) is 8. The maximum Gasteiger partial charge on any atom is 0.313 e. The van der Waals surface area contributed by atoms with E-state index in [1.807, 2.05) is 38.1 Å². The van der Waals surface area contributed by atoms with Crippen molar-refractivity contribution in [3.8, 4) is 22.8 Å². The first-order valence-electron chi connectivity index (χ1n) is 7.18. The summed E-state index contributed by atoms with van der Waals surface area (Å²) >= 11 is 0. The number of rotatable bonds is 4. The van der Waals surface area contributed by atoms with Gasteiger partial charge in [0.2, 0.25) is 0 Å². The number of aromatic nitrogens is 4. The van der Waals surface area contributed by atoms with Gasteiger partial charge in [-0.3, -0.25) is 4.21 Å². The molecular formula is C15H16N6O2S. The molecule has 8 nitrogen and oxygen atoms in total. The molecule has 1 atom stereocenters. The van der Waals surface area contributed by atoms with Gasteiger partial charge in [-0.25, -0.2) is 9.97 Å². The van der Waals surface area contributed by atoms with Crippen molar-refractivity contribution in [2.45, 2.75) is 24.0 Å². The third kappa shape index (κ3) is 3.11. The Morgan fingerprint density at radius 1 is 1.12 bits per heavy atom. The quantitative estimate of drug-likeness (QED) is 0.732. The van der Waals surface area contributed by atoms with E-state index >= 15 is 0 Å². The standard InChI is InChI=1S/C15H16N6O2S/c1-8(2)24(22)10-5-3-9(4-6-10)11-7-18-13(16)12(19-11)14-20-21-15(17)23-14/h3-8H,1-2H3,(H2,16,18)(H2,17,21). The summed E-state index contributed by atoms with van der Waals surface area (Å²) in [6, 6.07) is 7.22.